The quantitative estimate of drug-likeness (QED) is 0.564. The molecule has 3 N–H and O–H groups in total. The van der Waals surface area contributed by atoms with Crippen LogP contribution in [0.15, 0.2) is 29.2 Å². The predicted octanol–water partition coefficient (Wildman–Crippen LogP) is -0.290. The number of ether oxygens (including phenoxy) is 1. The van der Waals surface area contributed by atoms with Crippen molar-refractivity contribution >= 4 is 21.9 Å². The zero-order valence-electron chi connectivity index (χ0n) is 12.3. The highest BCUT2D eigenvalue weighted by molar-refractivity contribution is 7.89. The maximum absolute atomic E-state index is 12.7. The number of halogens is 1. The molecule has 10 heteroatoms. The van der Waals surface area contributed by atoms with Crippen molar-refractivity contribution in [3.63, 3.8) is 0 Å². The van der Waals surface area contributed by atoms with Crippen LogP contribution in [-0.4, -0.2) is 51.7 Å². The molecule has 1 atom stereocenters. The first-order valence-electron chi connectivity index (χ1n) is 6.54. The minimum Gasteiger partial charge on any atom is -0.479 e. The lowest BCUT2D eigenvalue weighted by atomic mass is 10.3. The van der Waals surface area contributed by atoms with Crippen LogP contribution in [0.25, 0.3) is 0 Å². The molecule has 0 heterocycles. The summed E-state index contributed by atoms with van der Waals surface area (Å²) < 4.78 is 43.3. The van der Waals surface area contributed by atoms with Crippen molar-refractivity contribution in [1.29, 1.82) is 0 Å². The third kappa shape index (κ3) is 6.30. The summed E-state index contributed by atoms with van der Waals surface area (Å²) in [5, 5.41) is 11.0. The Morgan fingerprint density at radius 2 is 1.91 bits per heavy atom. The molecule has 1 unspecified atom stereocenters. The Morgan fingerprint density at radius 1 is 1.30 bits per heavy atom. The summed E-state index contributed by atoms with van der Waals surface area (Å²) in [5.74, 6) is -2.31. The van der Waals surface area contributed by atoms with Crippen LogP contribution in [0, 0.1) is 5.82 Å². The van der Waals surface area contributed by atoms with E-state index < -0.39 is 33.8 Å². The Hall–Kier alpha value is -2.04. The SMILES string of the molecule is COC(CNC(=O)CCNS(=O)(=O)c1ccc(F)cc1)C(=O)O. The van der Waals surface area contributed by atoms with E-state index in [1.54, 1.807) is 0 Å². The minimum atomic E-state index is -3.84. The van der Waals surface area contributed by atoms with Crippen LogP contribution in [0.4, 0.5) is 4.39 Å². The fraction of sp³-hybridized carbons (Fsp3) is 0.385. The van der Waals surface area contributed by atoms with Gasteiger partial charge in [-0.05, 0) is 24.3 Å². The number of methoxy groups -OCH3 is 1. The van der Waals surface area contributed by atoms with E-state index >= 15 is 0 Å². The van der Waals surface area contributed by atoms with Gasteiger partial charge in [0.1, 0.15) is 5.82 Å². The molecule has 0 aromatic heterocycles. The zero-order chi connectivity index (χ0) is 17.5. The Bertz CT molecular complexity index is 647. The molecule has 8 nitrogen and oxygen atoms in total. The summed E-state index contributed by atoms with van der Waals surface area (Å²) in [4.78, 5) is 22.1. The molecule has 0 aliphatic carbocycles. The summed E-state index contributed by atoms with van der Waals surface area (Å²) >= 11 is 0. The number of rotatable bonds is 9. The van der Waals surface area contributed by atoms with Crippen molar-refractivity contribution in [3.05, 3.63) is 30.1 Å². The Labute approximate surface area is 132 Å². The van der Waals surface area contributed by atoms with Crippen LogP contribution in [0.3, 0.4) is 0 Å². The van der Waals surface area contributed by atoms with Crippen LogP contribution >= 0.6 is 0 Å². The highest BCUT2D eigenvalue weighted by Crippen LogP contribution is 2.09. The number of hydrogen-bond donors (Lipinski definition) is 3. The smallest absolute Gasteiger partial charge is 0.334 e. The van der Waals surface area contributed by atoms with Gasteiger partial charge in [-0.1, -0.05) is 0 Å². The van der Waals surface area contributed by atoms with E-state index in [1.807, 2.05) is 0 Å². The molecule has 23 heavy (non-hydrogen) atoms. The number of nitrogens with one attached hydrogen (secondary N) is 2. The van der Waals surface area contributed by atoms with Crippen LogP contribution < -0.4 is 10.0 Å². The van der Waals surface area contributed by atoms with E-state index in [0.717, 1.165) is 24.3 Å². The highest BCUT2D eigenvalue weighted by Gasteiger charge is 2.18. The maximum Gasteiger partial charge on any atom is 0.334 e. The van der Waals surface area contributed by atoms with Gasteiger partial charge in [-0.2, -0.15) is 0 Å². The second kappa shape index (κ2) is 8.56. The van der Waals surface area contributed by atoms with Crippen molar-refractivity contribution in [1.82, 2.24) is 10.0 Å². The normalized spacial score (nSPS) is 12.6. The second-order valence-electron chi connectivity index (χ2n) is 4.47. The lowest BCUT2D eigenvalue weighted by molar-refractivity contribution is -0.148. The van der Waals surface area contributed by atoms with Gasteiger partial charge in [-0.25, -0.2) is 22.3 Å². The van der Waals surface area contributed by atoms with Crippen molar-refractivity contribution in [2.24, 2.45) is 0 Å². The number of amides is 1. The van der Waals surface area contributed by atoms with Gasteiger partial charge in [-0.15, -0.1) is 0 Å². The molecule has 1 amide bonds. The standard InChI is InChI=1S/C13H17FN2O6S/c1-22-11(13(18)19)8-15-12(17)6-7-16-23(20,21)10-4-2-9(14)3-5-10/h2-5,11,16H,6-8H2,1H3,(H,15,17)(H,18,19). The van der Waals surface area contributed by atoms with Gasteiger partial charge >= 0.3 is 5.97 Å². The first-order valence-corrected chi connectivity index (χ1v) is 8.02. The lowest BCUT2D eigenvalue weighted by Crippen LogP contribution is -2.39. The third-order valence-electron chi connectivity index (χ3n) is 2.81. The second-order valence-corrected chi connectivity index (χ2v) is 6.24. The minimum absolute atomic E-state index is 0.121. The third-order valence-corrected chi connectivity index (χ3v) is 4.29. The van der Waals surface area contributed by atoms with Crippen LogP contribution in [0.2, 0.25) is 0 Å². The highest BCUT2D eigenvalue weighted by atomic mass is 32.2. The van der Waals surface area contributed by atoms with Gasteiger partial charge in [0, 0.05) is 20.1 Å². The van der Waals surface area contributed by atoms with Crippen molar-refractivity contribution in [3.8, 4) is 0 Å². The fourth-order valence-electron chi connectivity index (χ4n) is 1.56. The maximum atomic E-state index is 12.7. The van der Waals surface area contributed by atoms with Gasteiger partial charge in [0.2, 0.25) is 15.9 Å². The van der Waals surface area contributed by atoms with Gasteiger partial charge in [0.25, 0.3) is 0 Å². The summed E-state index contributed by atoms with van der Waals surface area (Å²) in [6.45, 7) is -0.411. The largest absolute Gasteiger partial charge is 0.479 e. The molecule has 0 aliphatic rings. The molecule has 128 valence electrons. The first-order chi connectivity index (χ1) is 10.8. The first kappa shape index (κ1) is 19.0. The summed E-state index contributed by atoms with van der Waals surface area (Å²) in [6, 6.07) is 4.23. The van der Waals surface area contributed by atoms with E-state index in [0.29, 0.717) is 0 Å². The summed E-state index contributed by atoms with van der Waals surface area (Å²) in [5.41, 5.74) is 0. The van der Waals surface area contributed by atoms with Gasteiger partial charge in [0.05, 0.1) is 11.4 Å². The Kier molecular flexibility index (Phi) is 7.07. The van der Waals surface area contributed by atoms with Gasteiger partial charge in [0.15, 0.2) is 6.10 Å². The number of carbonyl (C=O) groups excluding carboxylic acids is 1. The number of hydrogen-bond acceptors (Lipinski definition) is 5. The topological polar surface area (TPSA) is 122 Å². The number of sulfonamides is 1. The van der Waals surface area contributed by atoms with Gasteiger partial charge < -0.3 is 15.2 Å². The molecule has 1 aromatic carbocycles. The van der Waals surface area contributed by atoms with Crippen molar-refractivity contribution in [2.45, 2.75) is 17.4 Å². The van der Waals surface area contributed by atoms with E-state index in [2.05, 4.69) is 14.8 Å². The number of carboxylic acid groups (broad SMARTS) is 1. The average molecular weight is 348 g/mol. The molecule has 0 fully saturated rings. The molecule has 0 spiro atoms. The van der Waals surface area contributed by atoms with Gasteiger partial charge in [-0.3, -0.25) is 4.79 Å². The Morgan fingerprint density at radius 3 is 2.43 bits per heavy atom. The monoisotopic (exact) mass is 348 g/mol. The lowest BCUT2D eigenvalue weighted by Gasteiger charge is -2.11. The Balaban J connectivity index is 2.42. The predicted molar refractivity (Wildman–Crippen MR) is 77.6 cm³/mol. The van der Waals surface area contributed by atoms with Crippen molar-refractivity contribution in [2.75, 3.05) is 20.2 Å². The molecule has 1 aromatic rings. The zero-order valence-corrected chi connectivity index (χ0v) is 13.1. The van der Waals surface area contributed by atoms with E-state index in [9.17, 15) is 22.4 Å². The van der Waals surface area contributed by atoms with E-state index in [1.165, 1.54) is 7.11 Å². The summed E-state index contributed by atoms with van der Waals surface area (Å²) in [7, 11) is -2.64. The fourth-order valence-corrected chi connectivity index (χ4v) is 2.59. The summed E-state index contributed by atoms with van der Waals surface area (Å²) in [6.07, 6.45) is -1.36. The molecule has 0 aliphatic heterocycles. The molecule has 0 saturated carbocycles. The van der Waals surface area contributed by atoms with Crippen LogP contribution in [0.5, 0.6) is 0 Å². The van der Waals surface area contributed by atoms with E-state index in [-0.39, 0.29) is 24.4 Å². The van der Waals surface area contributed by atoms with Crippen LogP contribution in [0.1, 0.15) is 6.42 Å². The number of carboxylic acids is 1. The molecule has 0 bridgehead atoms. The van der Waals surface area contributed by atoms with Crippen molar-refractivity contribution < 1.29 is 32.2 Å². The molecule has 0 saturated heterocycles. The number of carbonyl (C=O) groups is 2. The molecular weight excluding hydrogens is 331 g/mol. The number of aliphatic carboxylic acids is 1. The van der Waals surface area contributed by atoms with Crippen LogP contribution in [-0.2, 0) is 24.3 Å². The van der Waals surface area contributed by atoms with E-state index in [4.69, 9.17) is 5.11 Å². The molecule has 1 rings (SSSR count). The molecule has 0 radical (unpaired) electrons. The average Bonchev–Trinajstić information content (AvgIpc) is 2.47. The molecular formula is C13H17FN2O6S. The number of benzene rings is 1.